The van der Waals surface area contributed by atoms with E-state index in [1.807, 2.05) is 6.07 Å². The van der Waals surface area contributed by atoms with Gasteiger partial charge >= 0.3 is 5.97 Å². The number of nitrogens with two attached hydrogens (primary N) is 1. The zero-order valence-electron chi connectivity index (χ0n) is 10.9. The van der Waals surface area contributed by atoms with Gasteiger partial charge in [0, 0.05) is 5.56 Å². The van der Waals surface area contributed by atoms with E-state index in [1.165, 1.54) is 7.11 Å². The molecule has 2 rings (SSSR count). The molecule has 0 aromatic heterocycles. The van der Waals surface area contributed by atoms with Gasteiger partial charge in [0.15, 0.2) is 0 Å². The third-order valence-electron chi connectivity index (χ3n) is 3.68. The van der Waals surface area contributed by atoms with Crippen molar-refractivity contribution in [3.05, 3.63) is 28.8 Å². The van der Waals surface area contributed by atoms with Crippen LogP contribution in [-0.4, -0.2) is 29.3 Å². The second-order valence-corrected chi connectivity index (χ2v) is 4.84. The van der Waals surface area contributed by atoms with E-state index in [0.717, 1.165) is 36.8 Å². The van der Waals surface area contributed by atoms with Crippen LogP contribution in [0, 0.1) is 0 Å². The molecule has 19 heavy (non-hydrogen) atoms. The number of benzene rings is 1. The average molecular weight is 265 g/mol. The van der Waals surface area contributed by atoms with Crippen LogP contribution in [0.3, 0.4) is 0 Å². The van der Waals surface area contributed by atoms with Gasteiger partial charge in [0.25, 0.3) is 0 Å². The Kier molecular flexibility index (Phi) is 4.07. The number of rotatable bonds is 4. The topological polar surface area (TPSA) is 92.8 Å². The number of carboxylic acid groups (broad SMARTS) is 1. The SMILES string of the molecule is COc1ccc2c(c1C(O)C(N)C(=O)O)CCCC2. The van der Waals surface area contributed by atoms with Crippen molar-refractivity contribution in [1.82, 2.24) is 0 Å². The average Bonchev–Trinajstić information content (AvgIpc) is 2.44. The zero-order valence-corrected chi connectivity index (χ0v) is 10.9. The molecule has 0 fully saturated rings. The molecule has 0 radical (unpaired) electrons. The Morgan fingerprint density at radius 2 is 2.05 bits per heavy atom. The highest BCUT2D eigenvalue weighted by molar-refractivity contribution is 5.74. The Morgan fingerprint density at radius 3 is 2.68 bits per heavy atom. The second kappa shape index (κ2) is 5.59. The molecule has 0 aliphatic heterocycles. The fourth-order valence-electron chi connectivity index (χ4n) is 2.65. The number of carboxylic acids is 1. The molecular weight excluding hydrogens is 246 g/mol. The Bertz CT molecular complexity index is 487. The highest BCUT2D eigenvalue weighted by atomic mass is 16.5. The van der Waals surface area contributed by atoms with Gasteiger partial charge in [0.05, 0.1) is 7.11 Å². The quantitative estimate of drug-likeness (QED) is 0.755. The molecule has 5 heteroatoms. The van der Waals surface area contributed by atoms with Crippen LogP contribution in [0.4, 0.5) is 0 Å². The molecule has 2 unspecified atom stereocenters. The molecule has 1 aliphatic rings. The maximum atomic E-state index is 11.0. The summed E-state index contributed by atoms with van der Waals surface area (Å²) < 4.78 is 5.25. The summed E-state index contributed by atoms with van der Waals surface area (Å²) >= 11 is 0. The van der Waals surface area contributed by atoms with E-state index in [9.17, 15) is 9.90 Å². The molecule has 0 spiro atoms. The van der Waals surface area contributed by atoms with Gasteiger partial charge in [-0.1, -0.05) is 6.07 Å². The van der Waals surface area contributed by atoms with Crippen LogP contribution >= 0.6 is 0 Å². The standard InChI is InChI=1S/C14H19NO4/c1-19-10-7-6-8-4-2-3-5-9(8)11(10)13(16)12(15)14(17)18/h6-7,12-13,16H,2-5,15H2,1H3,(H,17,18). The fraction of sp³-hybridized carbons (Fsp3) is 0.500. The van der Waals surface area contributed by atoms with Gasteiger partial charge in [0.1, 0.15) is 17.9 Å². The lowest BCUT2D eigenvalue weighted by molar-refractivity contribution is -0.141. The number of aliphatic hydroxyl groups excluding tert-OH is 1. The predicted molar refractivity (Wildman–Crippen MR) is 70.2 cm³/mol. The Labute approximate surface area is 112 Å². The Hall–Kier alpha value is -1.59. The molecule has 4 N–H and O–H groups in total. The van der Waals surface area contributed by atoms with Crippen LogP contribution in [-0.2, 0) is 17.6 Å². The highest BCUT2D eigenvalue weighted by Crippen LogP contribution is 2.36. The third-order valence-corrected chi connectivity index (χ3v) is 3.68. The lowest BCUT2D eigenvalue weighted by Crippen LogP contribution is -2.37. The van der Waals surface area contributed by atoms with Crippen molar-refractivity contribution in [3.63, 3.8) is 0 Å². The number of methoxy groups -OCH3 is 1. The lowest BCUT2D eigenvalue weighted by atomic mass is 9.84. The van der Waals surface area contributed by atoms with Gasteiger partial charge in [-0.25, -0.2) is 0 Å². The lowest BCUT2D eigenvalue weighted by Gasteiger charge is -2.26. The first-order chi connectivity index (χ1) is 9.06. The van der Waals surface area contributed by atoms with Crippen molar-refractivity contribution in [2.45, 2.75) is 37.8 Å². The van der Waals surface area contributed by atoms with Crippen molar-refractivity contribution < 1.29 is 19.7 Å². The number of hydrogen-bond acceptors (Lipinski definition) is 4. The van der Waals surface area contributed by atoms with Gasteiger partial charge in [-0.3, -0.25) is 4.79 Å². The number of aryl methyl sites for hydroxylation is 1. The smallest absolute Gasteiger partial charge is 0.323 e. The van der Waals surface area contributed by atoms with E-state index in [1.54, 1.807) is 6.07 Å². The highest BCUT2D eigenvalue weighted by Gasteiger charge is 2.30. The second-order valence-electron chi connectivity index (χ2n) is 4.84. The molecule has 104 valence electrons. The van der Waals surface area contributed by atoms with E-state index in [-0.39, 0.29) is 0 Å². The van der Waals surface area contributed by atoms with E-state index in [4.69, 9.17) is 15.6 Å². The van der Waals surface area contributed by atoms with Crippen LogP contribution in [0.1, 0.15) is 35.6 Å². The van der Waals surface area contributed by atoms with Gasteiger partial charge < -0.3 is 20.7 Å². The summed E-state index contributed by atoms with van der Waals surface area (Å²) in [6.45, 7) is 0. The van der Waals surface area contributed by atoms with E-state index in [2.05, 4.69) is 0 Å². The molecule has 0 saturated carbocycles. The number of carbonyl (C=O) groups is 1. The summed E-state index contributed by atoms with van der Waals surface area (Å²) in [7, 11) is 1.51. The number of ether oxygens (including phenoxy) is 1. The minimum atomic E-state index is -1.35. The zero-order chi connectivity index (χ0) is 14.0. The molecule has 1 aromatic rings. The number of hydrogen-bond donors (Lipinski definition) is 3. The summed E-state index contributed by atoms with van der Waals surface area (Å²) in [5, 5.41) is 19.2. The first-order valence-corrected chi connectivity index (χ1v) is 6.41. The van der Waals surface area contributed by atoms with E-state index >= 15 is 0 Å². The maximum Gasteiger partial charge on any atom is 0.323 e. The third kappa shape index (κ3) is 2.57. The van der Waals surface area contributed by atoms with Crippen molar-refractivity contribution in [2.75, 3.05) is 7.11 Å². The predicted octanol–water partition coefficient (Wildman–Crippen LogP) is 1.02. The molecule has 0 bridgehead atoms. The van der Waals surface area contributed by atoms with Gasteiger partial charge in [-0.05, 0) is 42.9 Å². The van der Waals surface area contributed by atoms with Crippen molar-refractivity contribution >= 4 is 5.97 Å². The normalized spacial score (nSPS) is 17.4. The van der Waals surface area contributed by atoms with E-state index < -0.39 is 18.1 Å². The molecule has 0 amide bonds. The van der Waals surface area contributed by atoms with Gasteiger partial charge in [-0.15, -0.1) is 0 Å². The molecule has 2 atom stereocenters. The first-order valence-electron chi connectivity index (χ1n) is 6.41. The van der Waals surface area contributed by atoms with Crippen molar-refractivity contribution in [1.29, 1.82) is 0 Å². The Morgan fingerprint density at radius 1 is 1.37 bits per heavy atom. The van der Waals surface area contributed by atoms with Crippen molar-refractivity contribution in [3.8, 4) is 5.75 Å². The van der Waals surface area contributed by atoms with E-state index in [0.29, 0.717) is 11.3 Å². The van der Waals surface area contributed by atoms with Crippen LogP contribution in [0.5, 0.6) is 5.75 Å². The Balaban J connectivity index is 2.49. The molecule has 1 aromatic carbocycles. The number of aliphatic hydroxyl groups is 1. The first kappa shape index (κ1) is 13.8. The number of fused-ring (bicyclic) bond motifs is 1. The summed E-state index contributed by atoms with van der Waals surface area (Å²) in [5.74, 6) is -0.715. The molecule has 1 aliphatic carbocycles. The largest absolute Gasteiger partial charge is 0.496 e. The van der Waals surface area contributed by atoms with Crippen LogP contribution in [0.2, 0.25) is 0 Å². The maximum absolute atomic E-state index is 11.0. The molecule has 0 heterocycles. The van der Waals surface area contributed by atoms with Crippen LogP contribution in [0.15, 0.2) is 12.1 Å². The summed E-state index contributed by atoms with van der Waals surface area (Å²) in [6, 6.07) is 2.41. The molecule has 5 nitrogen and oxygen atoms in total. The van der Waals surface area contributed by atoms with Crippen LogP contribution < -0.4 is 10.5 Å². The van der Waals surface area contributed by atoms with Gasteiger partial charge in [0.2, 0.25) is 0 Å². The summed E-state index contributed by atoms with van der Waals surface area (Å²) in [4.78, 5) is 11.0. The fourth-order valence-corrected chi connectivity index (χ4v) is 2.65. The summed E-state index contributed by atoms with van der Waals surface area (Å²) in [6.07, 6.45) is 2.66. The van der Waals surface area contributed by atoms with Gasteiger partial charge in [-0.2, -0.15) is 0 Å². The minimum absolute atomic E-state index is 0.504. The number of aliphatic carboxylic acids is 1. The van der Waals surface area contributed by atoms with Crippen LogP contribution in [0.25, 0.3) is 0 Å². The molecule has 0 saturated heterocycles. The molecular formula is C14H19NO4. The van der Waals surface area contributed by atoms with Crippen molar-refractivity contribution in [2.24, 2.45) is 5.73 Å². The summed E-state index contributed by atoms with van der Waals surface area (Å²) in [5.41, 5.74) is 8.23. The monoisotopic (exact) mass is 265 g/mol. The minimum Gasteiger partial charge on any atom is -0.496 e.